The Hall–Kier alpha value is -1.85. The van der Waals surface area contributed by atoms with E-state index in [0.717, 1.165) is 10.0 Å². The van der Waals surface area contributed by atoms with Gasteiger partial charge in [0.1, 0.15) is 0 Å². The van der Waals surface area contributed by atoms with E-state index in [4.69, 9.17) is 17.3 Å². The van der Waals surface area contributed by atoms with Gasteiger partial charge in [-0.1, -0.05) is 27.5 Å². The van der Waals surface area contributed by atoms with Gasteiger partial charge in [0.25, 0.3) is 5.91 Å². The summed E-state index contributed by atoms with van der Waals surface area (Å²) in [5.41, 5.74) is 7.28. The molecule has 0 radical (unpaired) electrons. The lowest BCUT2D eigenvalue weighted by atomic mass is 10.1. The Labute approximate surface area is 135 Å². The zero-order valence-corrected chi connectivity index (χ0v) is 13.5. The van der Waals surface area contributed by atoms with Crippen molar-refractivity contribution in [2.45, 2.75) is 6.92 Å². The fraction of sp³-hybridized carbons (Fsp3) is 0.0667. The average molecular weight is 368 g/mol. The summed E-state index contributed by atoms with van der Waals surface area (Å²) in [4.78, 5) is 23.4. The van der Waals surface area contributed by atoms with Crippen molar-refractivity contribution in [3.8, 4) is 0 Å². The molecule has 2 aromatic carbocycles. The normalized spacial score (nSPS) is 10.2. The van der Waals surface area contributed by atoms with E-state index in [-0.39, 0.29) is 11.5 Å². The second kappa shape index (κ2) is 6.28. The largest absolute Gasteiger partial charge is 0.366 e. The monoisotopic (exact) mass is 366 g/mol. The summed E-state index contributed by atoms with van der Waals surface area (Å²) in [5, 5.41) is 3.01. The number of carbonyl (C=O) groups excluding carboxylic acids is 2. The molecule has 0 saturated carbocycles. The van der Waals surface area contributed by atoms with Gasteiger partial charge in [-0.3, -0.25) is 9.59 Å². The fourth-order valence-electron chi connectivity index (χ4n) is 1.75. The van der Waals surface area contributed by atoms with Gasteiger partial charge in [-0.2, -0.15) is 0 Å². The third-order valence-corrected chi connectivity index (χ3v) is 4.14. The molecule has 0 aliphatic carbocycles. The quantitative estimate of drug-likeness (QED) is 0.867. The lowest BCUT2D eigenvalue weighted by Gasteiger charge is -2.09. The predicted octanol–water partition coefficient (Wildman–Crippen LogP) is 3.76. The predicted molar refractivity (Wildman–Crippen MR) is 86.8 cm³/mol. The summed E-state index contributed by atoms with van der Waals surface area (Å²) in [5.74, 6) is -0.893. The minimum Gasteiger partial charge on any atom is -0.366 e. The van der Waals surface area contributed by atoms with Gasteiger partial charge in [-0.05, 0) is 48.9 Å². The number of primary amides is 1. The first-order valence-corrected chi connectivity index (χ1v) is 7.22. The van der Waals surface area contributed by atoms with Crippen LogP contribution in [0.3, 0.4) is 0 Å². The fourth-order valence-corrected chi connectivity index (χ4v) is 2.17. The molecule has 2 rings (SSSR count). The number of hydrogen-bond acceptors (Lipinski definition) is 2. The van der Waals surface area contributed by atoms with Crippen LogP contribution in [0.4, 0.5) is 5.69 Å². The van der Waals surface area contributed by atoms with Gasteiger partial charge < -0.3 is 11.1 Å². The molecule has 0 spiro atoms. The van der Waals surface area contributed by atoms with E-state index in [0.29, 0.717) is 16.3 Å². The number of amides is 2. The maximum atomic E-state index is 12.2. The molecule has 0 atom stereocenters. The van der Waals surface area contributed by atoms with Gasteiger partial charge in [0.05, 0.1) is 10.7 Å². The summed E-state index contributed by atoms with van der Waals surface area (Å²) in [6, 6.07) is 9.72. The smallest absolute Gasteiger partial charge is 0.255 e. The summed E-state index contributed by atoms with van der Waals surface area (Å²) in [6.07, 6.45) is 0. The highest BCUT2D eigenvalue weighted by atomic mass is 79.9. The SMILES string of the molecule is Cc1cc(C(=O)Nc2cc(C(N)=O)ccc2Cl)ccc1Br. The van der Waals surface area contributed by atoms with Crippen LogP contribution in [0.5, 0.6) is 0 Å². The molecule has 0 heterocycles. The number of anilines is 1. The number of halogens is 2. The molecule has 108 valence electrons. The van der Waals surface area contributed by atoms with Crippen molar-refractivity contribution in [2.75, 3.05) is 5.32 Å². The Bertz CT molecular complexity index is 732. The van der Waals surface area contributed by atoms with Crippen LogP contribution >= 0.6 is 27.5 Å². The Morgan fingerprint density at radius 1 is 1.14 bits per heavy atom. The molecule has 0 aliphatic rings. The van der Waals surface area contributed by atoms with Crippen molar-refractivity contribution >= 4 is 45.0 Å². The van der Waals surface area contributed by atoms with Crippen LogP contribution in [0.15, 0.2) is 40.9 Å². The third-order valence-electron chi connectivity index (χ3n) is 2.92. The van der Waals surface area contributed by atoms with Gasteiger partial charge in [0, 0.05) is 15.6 Å². The molecule has 21 heavy (non-hydrogen) atoms. The van der Waals surface area contributed by atoms with Crippen LogP contribution in [0.2, 0.25) is 5.02 Å². The van der Waals surface area contributed by atoms with Gasteiger partial charge in [-0.25, -0.2) is 0 Å². The number of aryl methyl sites for hydroxylation is 1. The molecular formula is C15H12BrClN2O2. The topological polar surface area (TPSA) is 72.2 Å². The maximum absolute atomic E-state index is 12.2. The lowest BCUT2D eigenvalue weighted by molar-refractivity contribution is 0.0996. The highest BCUT2D eigenvalue weighted by molar-refractivity contribution is 9.10. The Kier molecular flexibility index (Phi) is 4.65. The van der Waals surface area contributed by atoms with Crippen molar-refractivity contribution in [2.24, 2.45) is 5.73 Å². The first-order valence-electron chi connectivity index (χ1n) is 6.05. The van der Waals surface area contributed by atoms with Crippen molar-refractivity contribution in [3.05, 3.63) is 62.6 Å². The van der Waals surface area contributed by atoms with Gasteiger partial charge >= 0.3 is 0 Å². The zero-order valence-electron chi connectivity index (χ0n) is 11.1. The van der Waals surface area contributed by atoms with E-state index in [9.17, 15) is 9.59 Å². The number of nitrogens with two attached hydrogens (primary N) is 1. The van der Waals surface area contributed by atoms with Crippen molar-refractivity contribution in [1.29, 1.82) is 0 Å². The van der Waals surface area contributed by atoms with Crippen LogP contribution in [-0.4, -0.2) is 11.8 Å². The van der Waals surface area contributed by atoms with E-state index >= 15 is 0 Å². The molecule has 2 amide bonds. The third kappa shape index (κ3) is 3.62. The van der Waals surface area contributed by atoms with Gasteiger partial charge in [0.15, 0.2) is 0 Å². The summed E-state index contributed by atoms with van der Waals surface area (Å²) in [6.45, 7) is 1.89. The Balaban J connectivity index is 2.28. The minimum absolute atomic E-state index is 0.279. The van der Waals surface area contributed by atoms with E-state index in [1.165, 1.54) is 18.2 Å². The molecule has 0 aliphatic heterocycles. The van der Waals surface area contributed by atoms with Crippen LogP contribution in [0, 0.1) is 6.92 Å². The van der Waals surface area contributed by atoms with Crippen LogP contribution in [0.1, 0.15) is 26.3 Å². The Morgan fingerprint density at radius 3 is 2.43 bits per heavy atom. The Morgan fingerprint density at radius 2 is 1.81 bits per heavy atom. The van der Waals surface area contributed by atoms with Crippen molar-refractivity contribution < 1.29 is 9.59 Å². The molecule has 6 heteroatoms. The van der Waals surface area contributed by atoms with Crippen molar-refractivity contribution in [3.63, 3.8) is 0 Å². The number of rotatable bonds is 3. The lowest BCUT2D eigenvalue weighted by Crippen LogP contribution is -2.15. The minimum atomic E-state index is -0.582. The zero-order chi connectivity index (χ0) is 15.6. The molecule has 0 aromatic heterocycles. The molecule has 0 fully saturated rings. The van der Waals surface area contributed by atoms with E-state index in [2.05, 4.69) is 21.2 Å². The van der Waals surface area contributed by atoms with E-state index < -0.39 is 5.91 Å². The first kappa shape index (κ1) is 15.5. The van der Waals surface area contributed by atoms with Gasteiger partial charge in [-0.15, -0.1) is 0 Å². The van der Waals surface area contributed by atoms with Crippen LogP contribution in [0.25, 0.3) is 0 Å². The first-order chi connectivity index (χ1) is 9.88. The maximum Gasteiger partial charge on any atom is 0.255 e. The van der Waals surface area contributed by atoms with Crippen molar-refractivity contribution in [1.82, 2.24) is 0 Å². The second-order valence-electron chi connectivity index (χ2n) is 4.48. The molecule has 3 N–H and O–H groups in total. The van der Waals surface area contributed by atoms with Gasteiger partial charge in [0.2, 0.25) is 5.91 Å². The number of carbonyl (C=O) groups is 2. The second-order valence-corrected chi connectivity index (χ2v) is 5.74. The molecule has 0 unspecified atom stereocenters. The molecular weight excluding hydrogens is 356 g/mol. The molecule has 0 saturated heterocycles. The average Bonchev–Trinajstić information content (AvgIpc) is 2.43. The summed E-state index contributed by atoms with van der Waals surface area (Å²) in [7, 11) is 0. The summed E-state index contributed by atoms with van der Waals surface area (Å²) >= 11 is 9.39. The van der Waals surface area contributed by atoms with E-state index in [1.807, 2.05) is 6.92 Å². The standard InChI is InChI=1S/C15H12BrClN2O2/c1-8-6-10(2-4-11(8)16)15(21)19-13-7-9(14(18)20)3-5-12(13)17/h2-7H,1H3,(H2,18,20)(H,19,21). The highest BCUT2D eigenvalue weighted by Gasteiger charge is 2.11. The summed E-state index contributed by atoms with van der Waals surface area (Å²) < 4.78 is 0.924. The van der Waals surface area contributed by atoms with Crippen LogP contribution in [-0.2, 0) is 0 Å². The molecule has 2 aromatic rings. The number of hydrogen-bond donors (Lipinski definition) is 2. The number of nitrogens with one attached hydrogen (secondary N) is 1. The highest BCUT2D eigenvalue weighted by Crippen LogP contribution is 2.24. The van der Waals surface area contributed by atoms with E-state index in [1.54, 1.807) is 18.2 Å². The molecule has 4 nitrogen and oxygen atoms in total. The number of benzene rings is 2. The van der Waals surface area contributed by atoms with Crippen LogP contribution < -0.4 is 11.1 Å². The molecule has 0 bridgehead atoms.